The maximum absolute atomic E-state index is 11.6. The number of benzene rings is 1. The van der Waals surface area contributed by atoms with Gasteiger partial charge in [-0.2, -0.15) is 0 Å². The first-order valence-electron chi connectivity index (χ1n) is 5.01. The zero-order chi connectivity index (χ0) is 11.7. The molecule has 0 radical (unpaired) electrons. The van der Waals surface area contributed by atoms with Crippen molar-refractivity contribution in [2.75, 3.05) is 0 Å². The monoisotopic (exact) mass is 220 g/mol. The molecule has 5 nitrogen and oxygen atoms in total. The average molecular weight is 220 g/mol. The van der Waals surface area contributed by atoms with Crippen molar-refractivity contribution in [3.05, 3.63) is 45.1 Å². The van der Waals surface area contributed by atoms with Gasteiger partial charge in [0.1, 0.15) is 6.10 Å². The molecule has 0 atom stereocenters. The Morgan fingerprint density at radius 3 is 2.62 bits per heavy atom. The lowest BCUT2D eigenvalue weighted by molar-refractivity contribution is 0.0590. The summed E-state index contributed by atoms with van der Waals surface area (Å²) in [6.07, 6.45) is -0.146. The Morgan fingerprint density at radius 2 is 1.94 bits per heavy atom. The molecule has 2 aromatic rings. The van der Waals surface area contributed by atoms with Gasteiger partial charge in [0.15, 0.2) is 0 Å². The number of fused-ring (bicyclic) bond motifs is 1. The summed E-state index contributed by atoms with van der Waals surface area (Å²) >= 11 is 0. The second kappa shape index (κ2) is 3.84. The first kappa shape index (κ1) is 10.5. The summed E-state index contributed by atoms with van der Waals surface area (Å²) in [7, 11) is 0. The zero-order valence-corrected chi connectivity index (χ0v) is 9.06. The van der Waals surface area contributed by atoms with Crippen LogP contribution in [0, 0.1) is 0 Å². The van der Waals surface area contributed by atoms with E-state index in [2.05, 4.69) is 4.98 Å². The molecule has 1 aromatic heterocycles. The quantitative estimate of drug-likeness (QED) is 0.802. The highest BCUT2D eigenvalue weighted by Gasteiger charge is 2.08. The van der Waals surface area contributed by atoms with E-state index in [0.29, 0.717) is 10.9 Å². The largest absolute Gasteiger partial charge is 0.406 e. The number of aromatic nitrogens is 2. The topological polar surface area (TPSA) is 64.1 Å². The highest BCUT2D eigenvalue weighted by atomic mass is 16.7. The van der Waals surface area contributed by atoms with Crippen LogP contribution in [0.5, 0.6) is 0 Å². The maximum atomic E-state index is 11.6. The van der Waals surface area contributed by atoms with Crippen LogP contribution in [0.25, 0.3) is 10.9 Å². The van der Waals surface area contributed by atoms with Crippen LogP contribution in [-0.4, -0.2) is 15.8 Å². The van der Waals surface area contributed by atoms with Gasteiger partial charge in [0, 0.05) is 0 Å². The van der Waals surface area contributed by atoms with Gasteiger partial charge in [-0.3, -0.25) is 9.78 Å². The standard InChI is InChI=1S/C11H12N2O3/c1-7(2)16-13-9-6-4-3-5-8(9)10(14)12-11(13)15/h3-7H,1-2H3,(H,12,14,15). The Bertz CT molecular complexity index is 625. The third-order valence-electron chi connectivity index (χ3n) is 2.09. The van der Waals surface area contributed by atoms with Crippen molar-refractivity contribution in [3.8, 4) is 0 Å². The van der Waals surface area contributed by atoms with Gasteiger partial charge in [0.2, 0.25) is 0 Å². The minimum Gasteiger partial charge on any atom is -0.406 e. The van der Waals surface area contributed by atoms with Crippen molar-refractivity contribution in [3.63, 3.8) is 0 Å². The van der Waals surface area contributed by atoms with Crippen LogP contribution in [0.4, 0.5) is 0 Å². The highest BCUT2D eigenvalue weighted by molar-refractivity contribution is 5.77. The van der Waals surface area contributed by atoms with Gasteiger partial charge in [-0.1, -0.05) is 12.1 Å². The molecule has 84 valence electrons. The van der Waals surface area contributed by atoms with Gasteiger partial charge < -0.3 is 4.84 Å². The molecule has 1 N–H and O–H groups in total. The molecular weight excluding hydrogens is 208 g/mol. The molecule has 0 saturated carbocycles. The van der Waals surface area contributed by atoms with Crippen LogP contribution in [0.3, 0.4) is 0 Å². The fraction of sp³-hybridized carbons (Fsp3) is 0.273. The van der Waals surface area contributed by atoms with Crippen molar-refractivity contribution in [1.29, 1.82) is 0 Å². The van der Waals surface area contributed by atoms with E-state index in [9.17, 15) is 9.59 Å². The van der Waals surface area contributed by atoms with Crippen LogP contribution in [-0.2, 0) is 0 Å². The molecule has 0 bridgehead atoms. The fourth-order valence-electron chi connectivity index (χ4n) is 1.48. The molecule has 1 heterocycles. The lowest BCUT2D eigenvalue weighted by Crippen LogP contribution is -2.36. The first-order chi connectivity index (χ1) is 7.59. The zero-order valence-electron chi connectivity index (χ0n) is 9.06. The molecular formula is C11H12N2O3. The number of H-pyrrole nitrogens is 1. The SMILES string of the molecule is CC(C)On1c(=O)[nH]c(=O)c2ccccc21. The second-order valence-electron chi connectivity index (χ2n) is 3.72. The van der Waals surface area contributed by atoms with E-state index in [0.717, 1.165) is 4.73 Å². The molecule has 0 amide bonds. The minimum atomic E-state index is -0.558. The van der Waals surface area contributed by atoms with Crippen molar-refractivity contribution >= 4 is 10.9 Å². The molecule has 2 rings (SSSR count). The molecule has 0 spiro atoms. The van der Waals surface area contributed by atoms with Crippen LogP contribution in [0.1, 0.15) is 13.8 Å². The third-order valence-corrected chi connectivity index (χ3v) is 2.09. The lowest BCUT2D eigenvalue weighted by atomic mass is 10.2. The molecule has 16 heavy (non-hydrogen) atoms. The number of hydrogen-bond acceptors (Lipinski definition) is 3. The van der Waals surface area contributed by atoms with Crippen molar-refractivity contribution in [2.24, 2.45) is 0 Å². The Kier molecular flexibility index (Phi) is 2.52. The Hall–Kier alpha value is -2.04. The molecule has 0 fully saturated rings. The van der Waals surface area contributed by atoms with Gasteiger partial charge in [0.05, 0.1) is 10.9 Å². The van der Waals surface area contributed by atoms with Crippen molar-refractivity contribution in [1.82, 2.24) is 9.71 Å². The Balaban J connectivity index is 2.82. The van der Waals surface area contributed by atoms with Crippen LogP contribution in [0.2, 0.25) is 0 Å². The third kappa shape index (κ3) is 1.71. The molecule has 0 aliphatic carbocycles. The first-order valence-corrected chi connectivity index (χ1v) is 5.01. The molecule has 1 aromatic carbocycles. The molecule has 0 aliphatic rings. The lowest BCUT2D eigenvalue weighted by Gasteiger charge is -2.13. The van der Waals surface area contributed by atoms with E-state index in [1.54, 1.807) is 24.3 Å². The van der Waals surface area contributed by atoms with Gasteiger partial charge in [-0.05, 0) is 26.0 Å². The maximum Gasteiger partial charge on any atom is 0.361 e. The van der Waals surface area contributed by atoms with Crippen LogP contribution in [0.15, 0.2) is 33.9 Å². The predicted octanol–water partition coefficient (Wildman–Crippen LogP) is 0.527. The van der Waals surface area contributed by atoms with E-state index in [1.807, 2.05) is 13.8 Å². The normalized spacial score (nSPS) is 10.9. The summed E-state index contributed by atoms with van der Waals surface area (Å²) in [5, 5.41) is 0.433. The summed E-state index contributed by atoms with van der Waals surface area (Å²) in [6, 6.07) is 6.81. The summed E-state index contributed by atoms with van der Waals surface area (Å²) in [5.41, 5.74) is -0.480. The number of nitrogens with one attached hydrogen (secondary N) is 1. The number of nitrogens with zero attached hydrogens (tertiary/aromatic N) is 1. The van der Waals surface area contributed by atoms with Gasteiger partial charge in [-0.15, -0.1) is 4.73 Å². The summed E-state index contributed by atoms with van der Waals surface area (Å²) in [6.45, 7) is 3.62. The number of para-hydroxylation sites is 1. The summed E-state index contributed by atoms with van der Waals surface area (Å²) in [5.74, 6) is 0. The number of aromatic amines is 1. The smallest absolute Gasteiger partial charge is 0.361 e. The minimum absolute atomic E-state index is 0.146. The van der Waals surface area contributed by atoms with E-state index in [-0.39, 0.29) is 6.10 Å². The molecule has 0 saturated heterocycles. The van der Waals surface area contributed by atoms with E-state index >= 15 is 0 Å². The average Bonchev–Trinajstić information content (AvgIpc) is 2.24. The van der Waals surface area contributed by atoms with E-state index in [4.69, 9.17) is 4.84 Å². The number of rotatable bonds is 2. The highest BCUT2D eigenvalue weighted by Crippen LogP contribution is 2.05. The fourth-order valence-corrected chi connectivity index (χ4v) is 1.48. The predicted molar refractivity (Wildman–Crippen MR) is 60.5 cm³/mol. The second-order valence-corrected chi connectivity index (χ2v) is 3.72. The summed E-state index contributed by atoms with van der Waals surface area (Å²) in [4.78, 5) is 30.6. The van der Waals surface area contributed by atoms with Crippen molar-refractivity contribution in [2.45, 2.75) is 20.0 Å². The van der Waals surface area contributed by atoms with Crippen LogP contribution < -0.4 is 16.1 Å². The van der Waals surface area contributed by atoms with Gasteiger partial charge >= 0.3 is 5.69 Å². The Labute approximate surface area is 91.2 Å². The van der Waals surface area contributed by atoms with Crippen LogP contribution >= 0.6 is 0 Å². The Morgan fingerprint density at radius 1 is 1.25 bits per heavy atom. The number of hydrogen-bond donors (Lipinski definition) is 1. The van der Waals surface area contributed by atoms with Crippen molar-refractivity contribution < 1.29 is 4.84 Å². The van der Waals surface area contributed by atoms with Gasteiger partial charge in [0.25, 0.3) is 5.56 Å². The van der Waals surface area contributed by atoms with Gasteiger partial charge in [-0.25, -0.2) is 4.79 Å². The summed E-state index contributed by atoms with van der Waals surface area (Å²) < 4.78 is 1.11. The van der Waals surface area contributed by atoms with E-state index in [1.165, 1.54) is 0 Å². The van der Waals surface area contributed by atoms with E-state index < -0.39 is 11.2 Å². The molecule has 0 aliphatic heterocycles. The molecule has 0 unspecified atom stereocenters. The molecule has 5 heteroatoms.